The van der Waals surface area contributed by atoms with E-state index < -0.39 is 6.16 Å². The highest BCUT2D eigenvalue weighted by molar-refractivity contribution is 5.77. The van der Waals surface area contributed by atoms with E-state index in [2.05, 4.69) is 14.8 Å². The van der Waals surface area contributed by atoms with Crippen molar-refractivity contribution in [1.29, 1.82) is 0 Å². The first kappa shape index (κ1) is 11.7. The van der Waals surface area contributed by atoms with Gasteiger partial charge in [0, 0.05) is 5.92 Å². The van der Waals surface area contributed by atoms with Crippen LogP contribution in [0.1, 0.15) is 13.8 Å². The van der Waals surface area contributed by atoms with Crippen LogP contribution in [0.3, 0.4) is 0 Å². The summed E-state index contributed by atoms with van der Waals surface area (Å²) in [6, 6.07) is 0. The first-order valence-electron chi connectivity index (χ1n) is 4.06. The highest BCUT2D eigenvalue weighted by Gasteiger charge is 2.05. The zero-order valence-corrected chi connectivity index (χ0v) is 8.12. The van der Waals surface area contributed by atoms with Gasteiger partial charge in [-0.1, -0.05) is 13.8 Å². The van der Waals surface area contributed by atoms with Crippen molar-refractivity contribution in [3.63, 3.8) is 0 Å². The first-order valence-corrected chi connectivity index (χ1v) is 4.06. The van der Waals surface area contributed by atoms with Crippen LogP contribution in [-0.2, 0) is 14.3 Å². The zero-order valence-electron chi connectivity index (χ0n) is 8.12. The molecule has 5 nitrogen and oxygen atoms in total. The van der Waals surface area contributed by atoms with Crippen LogP contribution in [0.4, 0.5) is 4.79 Å². The third kappa shape index (κ3) is 5.95. The highest BCUT2D eigenvalue weighted by Crippen LogP contribution is 1.89. The van der Waals surface area contributed by atoms with E-state index in [9.17, 15) is 9.59 Å². The largest absolute Gasteiger partial charge is 0.508 e. The molecule has 1 amide bonds. The summed E-state index contributed by atoms with van der Waals surface area (Å²) < 4.78 is 8.78. The van der Waals surface area contributed by atoms with Crippen molar-refractivity contribution >= 4 is 12.1 Å². The van der Waals surface area contributed by atoms with Crippen LogP contribution in [0.2, 0.25) is 0 Å². The molecule has 0 rings (SSSR count). The lowest BCUT2D eigenvalue weighted by molar-refractivity contribution is -0.124. The molecule has 0 aliphatic heterocycles. The van der Waals surface area contributed by atoms with E-state index >= 15 is 0 Å². The fourth-order valence-corrected chi connectivity index (χ4v) is 0.572. The number of nitrogens with one attached hydrogen (secondary N) is 1. The lowest BCUT2D eigenvalue weighted by Gasteiger charge is -2.07. The van der Waals surface area contributed by atoms with Gasteiger partial charge in [0.05, 0.1) is 13.7 Å². The van der Waals surface area contributed by atoms with E-state index in [1.807, 2.05) is 0 Å². The van der Waals surface area contributed by atoms with Gasteiger partial charge in [-0.2, -0.15) is 0 Å². The minimum atomic E-state index is -0.737. The van der Waals surface area contributed by atoms with Gasteiger partial charge in [-0.15, -0.1) is 0 Å². The molecule has 0 saturated heterocycles. The quantitative estimate of drug-likeness (QED) is 0.518. The summed E-state index contributed by atoms with van der Waals surface area (Å²) in [4.78, 5) is 21.4. The van der Waals surface area contributed by atoms with Crippen molar-refractivity contribution in [3.8, 4) is 0 Å². The number of rotatable bonds is 4. The number of carbonyl (C=O) groups excluding carboxylic acids is 2. The van der Waals surface area contributed by atoms with Gasteiger partial charge >= 0.3 is 6.16 Å². The number of hydrogen-bond donors (Lipinski definition) is 1. The molecule has 5 heteroatoms. The van der Waals surface area contributed by atoms with Gasteiger partial charge in [-0.05, 0) is 0 Å². The maximum Gasteiger partial charge on any atom is 0.508 e. The van der Waals surface area contributed by atoms with Crippen molar-refractivity contribution in [2.75, 3.05) is 20.3 Å². The van der Waals surface area contributed by atoms with Gasteiger partial charge in [0.1, 0.15) is 6.61 Å². The van der Waals surface area contributed by atoms with Crippen LogP contribution < -0.4 is 5.32 Å². The SMILES string of the molecule is COC(=O)OCCNC(=O)C(C)C. The third-order valence-electron chi connectivity index (χ3n) is 1.31. The van der Waals surface area contributed by atoms with Crippen molar-refractivity contribution in [3.05, 3.63) is 0 Å². The molecule has 0 unspecified atom stereocenters. The standard InChI is InChI=1S/C8H15NO4/c1-6(2)7(10)9-4-5-13-8(11)12-3/h6H,4-5H2,1-3H3,(H,9,10). The molecular formula is C8H15NO4. The van der Waals surface area contributed by atoms with E-state index in [1.54, 1.807) is 13.8 Å². The van der Waals surface area contributed by atoms with Crippen LogP contribution in [0, 0.1) is 5.92 Å². The lowest BCUT2D eigenvalue weighted by atomic mass is 10.2. The van der Waals surface area contributed by atoms with E-state index in [4.69, 9.17) is 0 Å². The molecule has 0 fully saturated rings. The minimum absolute atomic E-state index is 0.0573. The van der Waals surface area contributed by atoms with Crippen LogP contribution in [0.25, 0.3) is 0 Å². The molecule has 0 bridgehead atoms. The van der Waals surface area contributed by atoms with E-state index in [0.717, 1.165) is 0 Å². The summed E-state index contributed by atoms with van der Waals surface area (Å²) in [6.45, 7) is 4.02. The molecule has 0 radical (unpaired) electrons. The number of methoxy groups -OCH3 is 1. The lowest BCUT2D eigenvalue weighted by Crippen LogP contribution is -2.31. The summed E-state index contributed by atoms with van der Waals surface area (Å²) in [6.07, 6.45) is -0.737. The Morgan fingerprint density at radius 3 is 2.46 bits per heavy atom. The van der Waals surface area contributed by atoms with Crippen molar-refractivity contribution < 1.29 is 19.1 Å². The summed E-state index contributed by atoms with van der Waals surface area (Å²) >= 11 is 0. The van der Waals surface area contributed by atoms with Crippen molar-refractivity contribution in [2.24, 2.45) is 5.92 Å². The second kappa shape index (κ2) is 6.28. The number of ether oxygens (including phenoxy) is 2. The van der Waals surface area contributed by atoms with Crippen molar-refractivity contribution in [1.82, 2.24) is 5.32 Å². The van der Waals surface area contributed by atoms with Gasteiger partial charge in [0.2, 0.25) is 5.91 Å². The molecule has 0 aliphatic rings. The number of hydrogen-bond acceptors (Lipinski definition) is 4. The summed E-state index contributed by atoms with van der Waals surface area (Å²) in [5.74, 6) is -0.119. The second-order valence-corrected chi connectivity index (χ2v) is 2.75. The Morgan fingerprint density at radius 2 is 2.00 bits per heavy atom. The second-order valence-electron chi connectivity index (χ2n) is 2.75. The van der Waals surface area contributed by atoms with Gasteiger partial charge in [-0.25, -0.2) is 4.79 Å². The van der Waals surface area contributed by atoms with Gasteiger partial charge in [0.15, 0.2) is 0 Å². The Labute approximate surface area is 77.4 Å². The Balaban J connectivity index is 3.36. The molecule has 76 valence electrons. The first-order chi connectivity index (χ1) is 6.07. The summed E-state index contributed by atoms with van der Waals surface area (Å²) in [5, 5.41) is 2.59. The molecule has 1 N–H and O–H groups in total. The fourth-order valence-electron chi connectivity index (χ4n) is 0.572. The normalized spacial score (nSPS) is 9.54. The van der Waals surface area contributed by atoms with Gasteiger partial charge in [-0.3, -0.25) is 4.79 Å². The van der Waals surface area contributed by atoms with E-state index in [1.165, 1.54) is 7.11 Å². The van der Waals surface area contributed by atoms with Crippen LogP contribution in [-0.4, -0.2) is 32.3 Å². The smallest absolute Gasteiger partial charge is 0.438 e. The Hall–Kier alpha value is -1.26. The third-order valence-corrected chi connectivity index (χ3v) is 1.31. The molecule has 0 atom stereocenters. The van der Waals surface area contributed by atoms with Gasteiger partial charge < -0.3 is 14.8 Å². The zero-order chi connectivity index (χ0) is 10.3. The maximum atomic E-state index is 11.0. The van der Waals surface area contributed by atoms with E-state index in [-0.39, 0.29) is 18.4 Å². The Kier molecular flexibility index (Phi) is 5.67. The molecule has 0 heterocycles. The molecule has 13 heavy (non-hydrogen) atoms. The van der Waals surface area contributed by atoms with Crippen molar-refractivity contribution in [2.45, 2.75) is 13.8 Å². The minimum Gasteiger partial charge on any atom is -0.438 e. The molecule has 0 aromatic heterocycles. The average molecular weight is 189 g/mol. The number of carbonyl (C=O) groups is 2. The van der Waals surface area contributed by atoms with Gasteiger partial charge in [0.25, 0.3) is 0 Å². The molecule has 0 spiro atoms. The fraction of sp³-hybridized carbons (Fsp3) is 0.750. The number of amides is 1. The maximum absolute atomic E-state index is 11.0. The predicted octanol–water partition coefficient (Wildman–Crippen LogP) is 0.542. The summed E-state index contributed by atoms with van der Waals surface area (Å²) in [7, 11) is 1.23. The predicted molar refractivity (Wildman–Crippen MR) is 46.2 cm³/mol. The summed E-state index contributed by atoms with van der Waals surface area (Å²) in [5.41, 5.74) is 0. The Bertz CT molecular complexity index is 179. The topological polar surface area (TPSA) is 64.6 Å². The van der Waals surface area contributed by atoms with Crippen LogP contribution in [0.5, 0.6) is 0 Å². The van der Waals surface area contributed by atoms with E-state index in [0.29, 0.717) is 6.54 Å². The van der Waals surface area contributed by atoms with Crippen LogP contribution >= 0.6 is 0 Å². The Morgan fingerprint density at radius 1 is 1.38 bits per heavy atom. The molecule has 0 aromatic rings. The molecule has 0 saturated carbocycles. The monoisotopic (exact) mass is 189 g/mol. The molecule has 0 aromatic carbocycles. The highest BCUT2D eigenvalue weighted by atomic mass is 16.7. The average Bonchev–Trinajstić information content (AvgIpc) is 2.11. The molecular weight excluding hydrogens is 174 g/mol. The molecule has 0 aliphatic carbocycles. The van der Waals surface area contributed by atoms with Crippen LogP contribution in [0.15, 0.2) is 0 Å².